The van der Waals surface area contributed by atoms with Gasteiger partial charge in [-0.2, -0.15) is 0 Å². The highest BCUT2D eigenvalue weighted by Gasteiger charge is 2.22. The number of nitrogens with zero attached hydrogens (tertiary/aromatic N) is 1. The average molecular weight is 201 g/mol. The number of isothiocyanates is 1. The number of esters is 1. The maximum Gasteiger partial charge on any atom is 0.311 e. The number of aliphatic imine (C=N–C) groups is 1. The van der Waals surface area contributed by atoms with Crippen LogP contribution in [0, 0.1) is 5.41 Å². The van der Waals surface area contributed by atoms with Crippen LogP contribution in [0.2, 0.25) is 0 Å². The Balaban J connectivity index is 3.54. The molecular weight excluding hydrogens is 186 g/mol. The summed E-state index contributed by atoms with van der Waals surface area (Å²) in [5, 5.41) is 2.25. The van der Waals surface area contributed by atoms with E-state index >= 15 is 0 Å². The lowest BCUT2D eigenvalue weighted by molar-refractivity contribution is -0.152. The highest BCUT2D eigenvalue weighted by Crippen LogP contribution is 2.14. The molecule has 0 radical (unpaired) electrons. The second-order valence-electron chi connectivity index (χ2n) is 3.71. The molecule has 0 aliphatic carbocycles. The molecule has 13 heavy (non-hydrogen) atoms. The summed E-state index contributed by atoms with van der Waals surface area (Å²) in [6, 6.07) is 0. The molecule has 0 fully saturated rings. The van der Waals surface area contributed by atoms with Gasteiger partial charge in [-0.15, -0.1) is 0 Å². The summed E-state index contributed by atoms with van der Waals surface area (Å²) < 4.78 is 4.99. The smallest absolute Gasteiger partial charge is 0.311 e. The van der Waals surface area contributed by atoms with Crippen molar-refractivity contribution >= 4 is 23.3 Å². The normalized spacial score (nSPS) is 10.4. The first-order valence-corrected chi connectivity index (χ1v) is 4.60. The Hall–Kier alpha value is -0.730. The Bertz CT molecular complexity index is 214. The van der Waals surface area contributed by atoms with Gasteiger partial charge in [0, 0.05) is 6.42 Å². The summed E-state index contributed by atoms with van der Waals surface area (Å²) in [6.07, 6.45) is 0.700. The number of hydrogen-bond acceptors (Lipinski definition) is 4. The van der Waals surface area contributed by atoms with Crippen molar-refractivity contribution in [3.63, 3.8) is 0 Å². The third-order valence-corrected chi connectivity index (χ3v) is 1.45. The molecule has 0 heterocycles. The lowest BCUT2D eigenvalue weighted by atomic mass is 9.97. The van der Waals surface area contributed by atoms with E-state index in [1.807, 2.05) is 20.8 Å². The van der Waals surface area contributed by atoms with Gasteiger partial charge < -0.3 is 4.74 Å². The van der Waals surface area contributed by atoms with E-state index in [0.29, 0.717) is 19.6 Å². The van der Waals surface area contributed by atoms with Crippen molar-refractivity contribution in [1.29, 1.82) is 0 Å². The Morgan fingerprint density at radius 1 is 1.54 bits per heavy atom. The summed E-state index contributed by atoms with van der Waals surface area (Å²) in [7, 11) is 0. The van der Waals surface area contributed by atoms with Crippen LogP contribution in [0.3, 0.4) is 0 Å². The van der Waals surface area contributed by atoms with Crippen molar-refractivity contribution in [1.82, 2.24) is 0 Å². The van der Waals surface area contributed by atoms with Crippen molar-refractivity contribution in [3.05, 3.63) is 0 Å². The molecule has 0 rings (SSSR count). The van der Waals surface area contributed by atoms with Gasteiger partial charge in [-0.25, -0.2) is 4.99 Å². The molecule has 0 aromatic rings. The van der Waals surface area contributed by atoms with Gasteiger partial charge in [0.1, 0.15) is 0 Å². The maximum atomic E-state index is 11.2. The van der Waals surface area contributed by atoms with Crippen molar-refractivity contribution in [2.45, 2.75) is 27.2 Å². The molecule has 74 valence electrons. The Labute approximate surface area is 84.2 Å². The van der Waals surface area contributed by atoms with Crippen LogP contribution >= 0.6 is 12.2 Å². The molecular formula is C9H15NO2S. The topological polar surface area (TPSA) is 38.7 Å². The van der Waals surface area contributed by atoms with Crippen LogP contribution in [-0.4, -0.2) is 24.3 Å². The van der Waals surface area contributed by atoms with E-state index < -0.39 is 5.41 Å². The number of ether oxygens (including phenoxy) is 1. The van der Waals surface area contributed by atoms with Gasteiger partial charge in [0.25, 0.3) is 0 Å². The fourth-order valence-corrected chi connectivity index (χ4v) is 0.662. The van der Waals surface area contributed by atoms with E-state index in [1.165, 1.54) is 0 Å². The highest BCUT2D eigenvalue weighted by atomic mass is 32.1. The molecule has 0 saturated heterocycles. The molecule has 0 aromatic heterocycles. The monoisotopic (exact) mass is 201 g/mol. The second kappa shape index (κ2) is 5.84. The summed E-state index contributed by atoms with van der Waals surface area (Å²) in [4.78, 5) is 14.9. The summed E-state index contributed by atoms with van der Waals surface area (Å²) >= 11 is 4.39. The first kappa shape index (κ1) is 12.3. The minimum atomic E-state index is -0.423. The third-order valence-electron chi connectivity index (χ3n) is 1.32. The molecule has 0 bridgehead atoms. The van der Waals surface area contributed by atoms with Crippen LogP contribution in [0.15, 0.2) is 4.99 Å². The van der Waals surface area contributed by atoms with Crippen molar-refractivity contribution < 1.29 is 9.53 Å². The number of thiocarbonyl (C=S) groups is 1. The minimum Gasteiger partial charge on any atom is -0.465 e. The van der Waals surface area contributed by atoms with Crippen molar-refractivity contribution in [2.75, 3.05) is 13.2 Å². The third kappa shape index (κ3) is 6.43. The van der Waals surface area contributed by atoms with Gasteiger partial charge in [-0.3, -0.25) is 4.79 Å². The lowest BCUT2D eigenvalue weighted by Gasteiger charge is -2.15. The molecule has 0 aromatic carbocycles. The van der Waals surface area contributed by atoms with Crippen molar-refractivity contribution in [2.24, 2.45) is 10.4 Å². The summed E-state index contributed by atoms with van der Waals surface area (Å²) in [6.45, 7) is 6.44. The van der Waals surface area contributed by atoms with E-state index in [2.05, 4.69) is 22.4 Å². The largest absolute Gasteiger partial charge is 0.465 e. The molecule has 0 N–H and O–H groups in total. The number of hydrogen-bond donors (Lipinski definition) is 0. The van der Waals surface area contributed by atoms with Gasteiger partial charge in [0.05, 0.1) is 23.7 Å². The Morgan fingerprint density at radius 2 is 2.15 bits per heavy atom. The minimum absolute atomic E-state index is 0.182. The highest BCUT2D eigenvalue weighted by molar-refractivity contribution is 7.78. The molecule has 0 aliphatic heterocycles. The van der Waals surface area contributed by atoms with E-state index in [0.717, 1.165) is 0 Å². The van der Waals surface area contributed by atoms with Gasteiger partial charge in [0.15, 0.2) is 0 Å². The summed E-state index contributed by atoms with van der Waals surface area (Å²) in [5.74, 6) is -0.182. The second-order valence-corrected chi connectivity index (χ2v) is 3.90. The lowest BCUT2D eigenvalue weighted by Crippen LogP contribution is -2.23. The number of carbonyl (C=O) groups excluding carboxylic acids is 1. The molecule has 0 atom stereocenters. The van der Waals surface area contributed by atoms with E-state index in [4.69, 9.17) is 4.74 Å². The quantitative estimate of drug-likeness (QED) is 0.302. The molecule has 4 heteroatoms. The van der Waals surface area contributed by atoms with Crippen molar-refractivity contribution in [3.8, 4) is 0 Å². The predicted molar refractivity (Wildman–Crippen MR) is 54.9 cm³/mol. The Morgan fingerprint density at radius 3 is 2.62 bits per heavy atom. The van der Waals surface area contributed by atoms with Crippen LogP contribution < -0.4 is 0 Å². The fraction of sp³-hybridized carbons (Fsp3) is 0.778. The first-order chi connectivity index (χ1) is 5.98. The predicted octanol–water partition coefficient (Wildman–Crippen LogP) is 2.07. The van der Waals surface area contributed by atoms with E-state index in [-0.39, 0.29) is 5.97 Å². The molecule has 0 saturated carbocycles. The van der Waals surface area contributed by atoms with Crippen LogP contribution in [0.4, 0.5) is 0 Å². The van der Waals surface area contributed by atoms with Gasteiger partial charge >= 0.3 is 5.97 Å². The molecule has 0 aliphatic rings. The molecule has 0 spiro atoms. The van der Waals surface area contributed by atoms with Crippen LogP contribution in [0.5, 0.6) is 0 Å². The fourth-order valence-electron chi connectivity index (χ4n) is 0.571. The SMILES string of the molecule is CC(C)(C)C(=O)OCCCN=C=S. The average Bonchev–Trinajstić information content (AvgIpc) is 2.02. The van der Waals surface area contributed by atoms with Crippen LogP contribution in [-0.2, 0) is 9.53 Å². The zero-order chi connectivity index (χ0) is 10.3. The van der Waals surface area contributed by atoms with Crippen LogP contribution in [0.1, 0.15) is 27.2 Å². The molecule has 3 nitrogen and oxygen atoms in total. The molecule has 0 unspecified atom stereocenters. The van der Waals surface area contributed by atoms with Gasteiger partial charge in [-0.1, -0.05) is 0 Å². The molecule has 0 amide bonds. The maximum absolute atomic E-state index is 11.2. The van der Waals surface area contributed by atoms with E-state index in [9.17, 15) is 4.79 Å². The number of carbonyl (C=O) groups is 1. The zero-order valence-electron chi connectivity index (χ0n) is 8.29. The van der Waals surface area contributed by atoms with Crippen LogP contribution in [0.25, 0.3) is 0 Å². The zero-order valence-corrected chi connectivity index (χ0v) is 9.11. The summed E-state index contributed by atoms with van der Waals surface area (Å²) in [5.41, 5.74) is -0.423. The van der Waals surface area contributed by atoms with Gasteiger partial charge in [-0.05, 0) is 33.0 Å². The Kier molecular flexibility index (Phi) is 5.51. The van der Waals surface area contributed by atoms with Gasteiger partial charge in [0.2, 0.25) is 0 Å². The van der Waals surface area contributed by atoms with E-state index in [1.54, 1.807) is 0 Å². The standard InChI is InChI=1S/C9H15NO2S/c1-9(2,3)8(11)12-6-4-5-10-7-13/h4-6H2,1-3H3. The first-order valence-electron chi connectivity index (χ1n) is 4.19. The number of rotatable bonds is 4.